The lowest BCUT2D eigenvalue weighted by Gasteiger charge is -2.09. The Kier molecular flexibility index (Phi) is 8.06. The van der Waals surface area contributed by atoms with Crippen LogP contribution in [0.3, 0.4) is 0 Å². The number of rotatable bonds is 8. The third-order valence-electron chi connectivity index (χ3n) is 3.44. The van der Waals surface area contributed by atoms with Gasteiger partial charge < -0.3 is 10.2 Å². The number of benzene rings is 2. The Bertz CT molecular complexity index is 731. The minimum Gasteiger partial charge on any atom is -0.353 e. The summed E-state index contributed by atoms with van der Waals surface area (Å²) in [6.07, 6.45) is 4.38. The maximum absolute atomic E-state index is 11.9. The normalized spacial score (nSPS) is 11.2. The van der Waals surface area contributed by atoms with Crippen molar-refractivity contribution in [3.05, 3.63) is 65.2 Å². The fourth-order valence-corrected chi connectivity index (χ4v) is 3.44. The van der Waals surface area contributed by atoms with Crippen molar-refractivity contribution in [1.29, 1.82) is 0 Å². The summed E-state index contributed by atoms with van der Waals surface area (Å²) in [5, 5.41) is 3.63. The van der Waals surface area contributed by atoms with Crippen molar-refractivity contribution in [2.24, 2.45) is 0 Å². The van der Waals surface area contributed by atoms with Gasteiger partial charge in [-0.25, -0.2) is 0 Å². The van der Waals surface area contributed by atoms with Crippen LogP contribution in [-0.4, -0.2) is 38.0 Å². The van der Waals surface area contributed by atoms with Crippen molar-refractivity contribution in [2.75, 3.05) is 27.2 Å². The number of carbonyl (C=O) groups is 1. The predicted molar refractivity (Wildman–Crippen MR) is 107 cm³/mol. The molecule has 2 aromatic carbocycles. The van der Waals surface area contributed by atoms with Crippen LogP contribution in [0.2, 0.25) is 5.02 Å². The lowest BCUT2D eigenvalue weighted by molar-refractivity contribution is -0.116. The predicted octanol–water partition coefficient (Wildman–Crippen LogP) is 4.57. The van der Waals surface area contributed by atoms with E-state index in [-0.39, 0.29) is 5.91 Å². The van der Waals surface area contributed by atoms with Crippen LogP contribution in [0.15, 0.2) is 64.4 Å². The zero-order valence-corrected chi connectivity index (χ0v) is 16.1. The van der Waals surface area contributed by atoms with E-state index >= 15 is 0 Å². The summed E-state index contributed by atoms with van der Waals surface area (Å²) in [5.41, 5.74) is 1.01. The second-order valence-corrected chi connectivity index (χ2v) is 7.43. The monoisotopic (exact) mass is 374 g/mol. The lowest BCUT2D eigenvalue weighted by Crippen LogP contribution is -2.25. The van der Waals surface area contributed by atoms with E-state index in [2.05, 4.69) is 10.2 Å². The Morgan fingerprint density at radius 2 is 2.00 bits per heavy atom. The number of amides is 1. The third kappa shape index (κ3) is 7.34. The molecule has 132 valence electrons. The molecule has 2 rings (SSSR count). The molecule has 0 bridgehead atoms. The molecule has 25 heavy (non-hydrogen) atoms. The van der Waals surface area contributed by atoms with Crippen LogP contribution in [0, 0.1) is 0 Å². The minimum absolute atomic E-state index is 0.0682. The van der Waals surface area contributed by atoms with E-state index in [1.165, 1.54) is 0 Å². The van der Waals surface area contributed by atoms with Crippen molar-refractivity contribution in [2.45, 2.75) is 16.2 Å². The molecule has 0 aromatic heterocycles. The first kappa shape index (κ1) is 19.6. The van der Waals surface area contributed by atoms with Gasteiger partial charge in [0.1, 0.15) is 0 Å². The van der Waals surface area contributed by atoms with Crippen molar-refractivity contribution < 1.29 is 4.79 Å². The second-order valence-electron chi connectivity index (χ2n) is 5.88. The first-order valence-electron chi connectivity index (χ1n) is 8.17. The maximum atomic E-state index is 11.9. The number of nitrogens with one attached hydrogen (secondary N) is 1. The molecule has 5 heteroatoms. The molecule has 1 amide bonds. The van der Waals surface area contributed by atoms with E-state index in [1.807, 2.05) is 68.7 Å². The molecule has 0 aliphatic carbocycles. The summed E-state index contributed by atoms with van der Waals surface area (Å²) >= 11 is 7.68. The molecule has 2 aromatic rings. The highest BCUT2D eigenvalue weighted by Gasteiger charge is 2.03. The third-order valence-corrected chi connectivity index (χ3v) is 4.75. The first-order valence-corrected chi connectivity index (χ1v) is 9.37. The van der Waals surface area contributed by atoms with Crippen molar-refractivity contribution >= 4 is 35.3 Å². The van der Waals surface area contributed by atoms with Gasteiger partial charge in [-0.05, 0) is 63.0 Å². The van der Waals surface area contributed by atoms with E-state index in [0.29, 0.717) is 6.54 Å². The van der Waals surface area contributed by atoms with Crippen LogP contribution in [-0.2, 0) is 4.79 Å². The molecule has 0 aliphatic rings. The maximum Gasteiger partial charge on any atom is 0.244 e. The van der Waals surface area contributed by atoms with Crippen LogP contribution >= 0.6 is 23.4 Å². The van der Waals surface area contributed by atoms with Crippen LogP contribution in [0.25, 0.3) is 6.08 Å². The van der Waals surface area contributed by atoms with Crippen molar-refractivity contribution in [1.82, 2.24) is 10.2 Å². The van der Waals surface area contributed by atoms with Crippen LogP contribution < -0.4 is 5.32 Å². The van der Waals surface area contributed by atoms with Gasteiger partial charge in [0.15, 0.2) is 0 Å². The number of hydrogen-bond donors (Lipinski definition) is 1. The lowest BCUT2D eigenvalue weighted by atomic mass is 10.2. The van der Waals surface area contributed by atoms with Gasteiger partial charge in [0.05, 0.1) is 0 Å². The molecule has 0 saturated heterocycles. The van der Waals surface area contributed by atoms with Gasteiger partial charge in [-0.3, -0.25) is 4.79 Å². The van der Waals surface area contributed by atoms with Gasteiger partial charge in [0.25, 0.3) is 0 Å². The summed E-state index contributed by atoms with van der Waals surface area (Å²) in [7, 11) is 4.05. The Morgan fingerprint density at radius 3 is 2.76 bits per heavy atom. The Hall–Kier alpha value is -1.75. The molecular weight excluding hydrogens is 352 g/mol. The SMILES string of the molecule is CN(C)CCCNC(=O)/C=C/c1ccccc1Sc1cccc(Cl)c1. The number of carbonyl (C=O) groups excluding carboxylic acids is 1. The average Bonchev–Trinajstić information content (AvgIpc) is 2.58. The zero-order valence-electron chi connectivity index (χ0n) is 14.5. The highest BCUT2D eigenvalue weighted by atomic mass is 35.5. The van der Waals surface area contributed by atoms with Crippen LogP contribution in [0.5, 0.6) is 0 Å². The van der Waals surface area contributed by atoms with E-state index < -0.39 is 0 Å². The molecule has 0 heterocycles. The molecular formula is C20H23ClN2OS. The molecule has 0 radical (unpaired) electrons. The molecule has 0 saturated carbocycles. The fraction of sp³-hybridized carbons (Fsp3) is 0.250. The molecule has 1 N–H and O–H groups in total. The second kappa shape index (κ2) is 10.3. The molecule has 0 unspecified atom stereocenters. The van der Waals surface area contributed by atoms with E-state index in [4.69, 9.17) is 11.6 Å². The fourth-order valence-electron chi connectivity index (χ4n) is 2.20. The van der Waals surface area contributed by atoms with Gasteiger partial charge in [-0.2, -0.15) is 0 Å². The van der Waals surface area contributed by atoms with Crippen LogP contribution in [0.4, 0.5) is 0 Å². The first-order chi connectivity index (χ1) is 12.0. The molecule has 0 spiro atoms. The standard InChI is InChI=1S/C20H23ClN2OS/c1-23(2)14-6-13-22-20(24)12-11-16-7-3-4-10-19(16)25-18-9-5-8-17(21)15-18/h3-5,7-12,15H,6,13-14H2,1-2H3,(H,22,24)/b12-11+. The summed E-state index contributed by atoms with van der Waals surface area (Å²) in [5.74, 6) is -0.0682. The highest BCUT2D eigenvalue weighted by Crippen LogP contribution is 2.32. The zero-order chi connectivity index (χ0) is 18.1. The molecule has 3 nitrogen and oxygen atoms in total. The molecule has 0 atom stereocenters. The van der Waals surface area contributed by atoms with E-state index in [1.54, 1.807) is 17.8 Å². The molecule has 0 aliphatic heterocycles. The van der Waals surface area contributed by atoms with Gasteiger partial charge in [-0.1, -0.05) is 47.6 Å². The quantitative estimate of drug-likeness (QED) is 0.542. The number of nitrogens with zero attached hydrogens (tertiary/aromatic N) is 1. The van der Waals surface area contributed by atoms with Gasteiger partial charge in [-0.15, -0.1) is 0 Å². The van der Waals surface area contributed by atoms with Gasteiger partial charge in [0, 0.05) is 27.4 Å². The Morgan fingerprint density at radius 1 is 1.20 bits per heavy atom. The van der Waals surface area contributed by atoms with E-state index in [9.17, 15) is 4.79 Å². The number of hydrogen-bond acceptors (Lipinski definition) is 3. The van der Waals surface area contributed by atoms with Gasteiger partial charge >= 0.3 is 0 Å². The summed E-state index contributed by atoms with van der Waals surface area (Å²) < 4.78 is 0. The largest absolute Gasteiger partial charge is 0.353 e. The van der Waals surface area contributed by atoms with Gasteiger partial charge in [0.2, 0.25) is 5.91 Å². The number of halogens is 1. The average molecular weight is 375 g/mol. The summed E-state index contributed by atoms with van der Waals surface area (Å²) in [6.45, 7) is 1.64. The van der Waals surface area contributed by atoms with Crippen LogP contribution in [0.1, 0.15) is 12.0 Å². The summed E-state index contributed by atoms with van der Waals surface area (Å²) in [6, 6.07) is 15.8. The topological polar surface area (TPSA) is 32.3 Å². The minimum atomic E-state index is -0.0682. The summed E-state index contributed by atoms with van der Waals surface area (Å²) in [4.78, 5) is 16.2. The molecule has 0 fully saturated rings. The highest BCUT2D eigenvalue weighted by molar-refractivity contribution is 7.99. The Labute approximate surface area is 159 Å². The van der Waals surface area contributed by atoms with Crippen molar-refractivity contribution in [3.8, 4) is 0 Å². The van der Waals surface area contributed by atoms with E-state index in [0.717, 1.165) is 33.3 Å². The smallest absolute Gasteiger partial charge is 0.244 e. The Balaban J connectivity index is 1.96. The van der Waals surface area contributed by atoms with Crippen molar-refractivity contribution in [3.63, 3.8) is 0 Å².